The van der Waals surface area contributed by atoms with E-state index < -0.39 is 0 Å². The topological polar surface area (TPSA) is 44.2 Å². The predicted molar refractivity (Wildman–Crippen MR) is 89.3 cm³/mol. The average molecular weight is 308 g/mol. The third-order valence-electron chi connectivity index (χ3n) is 6.91. The molecule has 0 radical (unpaired) electrons. The van der Waals surface area contributed by atoms with Gasteiger partial charge in [0.1, 0.15) is 5.84 Å². The number of ketones is 1. The number of carbonyl (C=O) groups excluding carboxylic acids is 1. The first-order valence-corrected chi connectivity index (χ1v) is 9.08. The molecule has 23 heavy (non-hydrogen) atoms. The maximum atomic E-state index is 13.2. The minimum absolute atomic E-state index is 0.0379. The molecule has 0 amide bonds. The van der Waals surface area contributed by atoms with Gasteiger partial charge in [0.15, 0.2) is 5.78 Å². The first-order chi connectivity index (χ1) is 11.1. The number of amidine groups is 1. The number of Topliss-reactive ketones (excluding diaryl/α,β-unsaturated/α-hetero) is 1. The molecule has 4 saturated carbocycles. The lowest BCUT2D eigenvalue weighted by atomic mass is 9.48. The fourth-order valence-electron chi connectivity index (χ4n) is 6.27. The first kappa shape index (κ1) is 13.8. The Bertz CT molecular complexity index is 657. The molecule has 120 valence electrons. The summed E-state index contributed by atoms with van der Waals surface area (Å²) in [6.07, 6.45) is 7.51. The molecule has 1 aromatic carbocycles. The number of hydrogen-bond acceptors (Lipinski definition) is 2. The van der Waals surface area contributed by atoms with Crippen LogP contribution in [-0.2, 0) is 11.3 Å². The van der Waals surface area contributed by atoms with Crippen LogP contribution in [-0.4, -0.2) is 23.1 Å². The molecule has 5 aliphatic rings. The first-order valence-electron chi connectivity index (χ1n) is 9.08. The zero-order valence-electron chi connectivity index (χ0n) is 13.6. The Morgan fingerprint density at radius 3 is 2.30 bits per heavy atom. The summed E-state index contributed by atoms with van der Waals surface area (Å²) in [7, 11) is 0. The van der Waals surface area contributed by atoms with Gasteiger partial charge in [-0.1, -0.05) is 24.3 Å². The van der Waals surface area contributed by atoms with Crippen LogP contribution >= 0.6 is 0 Å². The summed E-state index contributed by atoms with van der Waals surface area (Å²) in [6, 6.07) is 8.10. The number of rotatable bonds is 3. The summed E-state index contributed by atoms with van der Waals surface area (Å²) in [5.41, 5.74) is 2.16. The number of hydrogen-bond donors (Lipinski definition) is 1. The van der Waals surface area contributed by atoms with Crippen molar-refractivity contribution in [2.75, 3.05) is 6.54 Å². The third-order valence-corrected chi connectivity index (χ3v) is 6.91. The molecule has 4 aliphatic carbocycles. The zero-order valence-corrected chi connectivity index (χ0v) is 13.6. The van der Waals surface area contributed by atoms with Gasteiger partial charge in [-0.2, -0.15) is 0 Å². The van der Waals surface area contributed by atoms with Crippen LogP contribution in [0.25, 0.3) is 0 Å². The molecule has 6 rings (SSSR count). The van der Waals surface area contributed by atoms with Crippen molar-refractivity contribution in [2.45, 2.75) is 45.1 Å². The molecule has 1 heterocycles. The highest BCUT2D eigenvalue weighted by molar-refractivity contribution is 6.02. The molecule has 4 fully saturated rings. The molecule has 4 bridgehead atoms. The lowest BCUT2D eigenvalue weighted by Gasteiger charge is -2.56. The van der Waals surface area contributed by atoms with E-state index in [0.29, 0.717) is 18.2 Å². The van der Waals surface area contributed by atoms with E-state index in [0.717, 1.165) is 49.1 Å². The van der Waals surface area contributed by atoms with Gasteiger partial charge < -0.3 is 4.90 Å². The summed E-state index contributed by atoms with van der Waals surface area (Å²) in [5.74, 6) is 3.38. The summed E-state index contributed by atoms with van der Waals surface area (Å²) in [5, 5.41) is 8.39. The molecular weight excluding hydrogens is 284 g/mol. The smallest absolute Gasteiger partial charge is 0.158 e. The van der Waals surface area contributed by atoms with Crippen molar-refractivity contribution < 1.29 is 4.79 Å². The SMILES string of the molecule is N=C1c2ccccc2CN1CC(=O)C12CC3CC(CC(C3)C1)C2. The van der Waals surface area contributed by atoms with Crippen LogP contribution in [0.2, 0.25) is 0 Å². The van der Waals surface area contributed by atoms with Crippen LogP contribution in [0.3, 0.4) is 0 Å². The highest BCUT2D eigenvalue weighted by Crippen LogP contribution is 2.60. The molecule has 3 nitrogen and oxygen atoms in total. The van der Waals surface area contributed by atoms with E-state index in [1.54, 1.807) is 0 Å². The van der Waals surface area contributed by atoms with Crippen LogP contribution in [0, 0.1) is 28.6 Å². The van der Waals surface area contributed by atoms with Crippen molar-refractivity contribution >= 4 is 11.6 Å². The Kier molecular flexibility index (Phi) is 2.80. The van der Waals surface area contributed by atoms with Gasteiger partial charge in [-0.25, -0.2) is 0 Å². The fourth-order valence-corrected chi connectivity index (χ4v) is 6.27. The maximum Gasteiger partial charge on any atom is 0.158 e. The Balaban J connectivity index is 1.36. The third kappa shape index (κ3) is 2.02. The van der Waals surface area contributed by atoms with Gasteiger partial charge >= 0.3 is 0 Å². The van der Waals surface area contributed by atoms with Crippen molar-refractivity contribution in [1.29, 1.82) is 5.41 Å². The van der Waals surface area contributed by atoms with Crippen LogP contribution in [0.1, 0.15) is 49.7 Å². The molecule has 0 spiro atoms. The summed E-state index contributed by atoms with van der Waals surface area (Å²) in [4.78, 5) is 15.2. The summed E-state index contributed by atoms with van der Waals surface area (Å²) < 4.78 is 0. The highest BCUT2D eigenvalue weighted by Gasteiger charge is 2.54. The van der Waals surface area contributed by atoms with Crippen molar-refractivity contribution in [1.82, 2.24) is 4.90 Å². The van der Waals surface area contributed by atoms with Gasteiger partial charge in [0.25, 0.3) is 0 Å². The van der Waals surface area contributed by atoms with Crippen molar-refractivity contribution in [3.05, 3.63) is 35.4 Å². The zero-order chi connectivity index (χ0) is 15.6. The van der Waals surface area contributed by atoms with E-state index >= 15 is 0 Å². The van der Waals surface area contributed by atoms with E-state index in [2.05, 4.69) is 6.07 Å². The normalized spacial score (nSPS) is 37.3. The molecule has 3 heteroatoms. The van der Waals surface area contributed by atoms with Gasteiger partial charge in [0.2, 0.25) is 0 Å². The molecule has 0 unspecified atom stereocenters. The van der Waals surface area contributed by atoms with Gasteiger partial charge in [0, 0.05) is 17.5 Å². The van der Waals surface area contributed by atoms with E-state index in [4.69, 9.17) is 5.41 Å². The Morgan fingerprint density at radius 2 is 1.70 bits per heavy atom. The van der Waals surface area contributed by atoms with E-state index in [1.807, 2.05) is 23.1 Å². The Hall–Kier alpha value is -1.64. The van der Waals surface area contributed by atoms with Crippen molar-refractivity contribution in [3.63, 3.8) is 0 Å². The molecular formula is C20H24N2O. The molecule has 1 N–H and O–H groups in total. The van der Waals surface area contributed by atoms with Gasteiger partial charge in [0.05, 0.1) is 6.54 Å². The Morgan fingerprint density at radius 1 is 1.09 bits per heavy atom. The Labute approximate surface area is 137 Å². The average Bonchev–Trinajstić information content (AvgIpc) is 2.83. The molecule has 0 atom stereocenters. The fraction of sp³-hybridized carbons (Fsp3) is 0.600. The van der Waals surface area contributed by atoms with Gasteiger partial charge in [-0.15, -0.1) is 0 Å². The molecule has 1 aromatic rings. The van der Waals surface area contributed by atoms with E-state index in [9.17, 15) is 4.79 Å². The predicted octanol–water partition coefficient (Wildman–Crippen LogP) is 3.61. The number of benzene rings is 1. The summed E-state index contributed by atoms with van der Waals surface area (Å²) in [6.45, 7) is 1.17. The number of fused-ring (bicyclic) bond motifs is 1. The van der Waals surface area contributed by atoms with Crippen LogP contribution in [0.4, 0.5) is 0 Å². The number of carbonyl (C=O) groups is 1. The monoisotopic (exact) mass is 308 g/mol. The van der Waals surface area contributed by atoms with Crippen molar-refractivity contribution in [3.8, 4) is 0 Å². The second kappa shape index (κ2) is 4.68. The number of nitrogens with one attached hydrogen (secondary N) is 1. The number of nitrogens with zero attached hydrogens (tertiary/aromatic N) is 1. The van der Waals surface area contributed by atoms with E-state index in [1.165, 1.54) is 24.8 Å². The van der Waals surface area contributed by atoms with Crippen LogP contribution in [0.15, 0.2) is 24.3 Å². The second-order valence-corrected chi connectivity index (χ2v) is 8.48. The highest BCUT2D eigenvalue weighted by atomic mass is 16.1. The van der Waals surface area contributed by atoms with Crippen molar-refractivity contribution in [2.24, 2.45) is 23.2 Å². The van der Waals surface area contributed by atoms with Crippen LogP contribution in [0.5, 0.6) is 0 Å². The second-order valence-electron chi connectivity index (χ2n) is 8.48. The standard InChI is InChI=1S/C20H24N2O/c21-19-17-4-2-1-3-16(17)11-22(19)12-18(23)20-8-13-5-14(9-20)7-15(6-13)10-20/h1-4,13-15,21H,5-12H2. The van der Waals surface area contributed by atoms with Gasteiger partial charge in [-0.05, 0) is 61.8 Å². The molecule has 0 aromatic heterocycles. The minimum atomic E-state index is -0.0379. The van der Waals surface area contributed by atoms with E-state index in [-0.39, 0.29) is 5.41 Å². The minimum Gasteiger partial charge on any atom is -0.345 e. The van der Waals surface area contributed by atoms with Crippen LogP contribution < -0.4 is 0 Å². The molecule has 1 aliphatic heterocycles. The van der Waals surface area contributed by atoms with Gasteiger partial charge in [-0.3, -0.25) is 10.2 Å². The quantitative estimate of drug-likeness (QED) is 0.927. The molecule has 0 saturated heterocycles. The summed E-state index contributed by atoms with van der Waals surface area (Å²) >= 11 is 0. The maximum absolute atomic E-state index is 13.2. The lowest BCUT2D eigenvalue weighted by molar-refractivity contribution is -0.144. The largest absolute Gasteiger partial charge is 0.345 e. The lowest BCUT2D eigenvalue weighted by Crippen LogP contribution is -2.52.